The van der Waals surface area contributed by atoms with E-state index in [-0.39, 0.29) is 5.56 Å². The van der Waals surface area contributed by atoms with Crippen molar-refractivity contribution in [3.8, 4) is 11.8 Å². The Morgan fingerprint density at radius 1 is 1.33 bits per heavy atom. The van der Waals surface area contributed by atoms with E-state index < -0.39 is 0 Å². The Hall–Kier alpha value is -2.80. The summed E-state index contributed by atoms with van der Waals surface area (Å²) >= 11 is 0. The number of ether oxygens (including phenoxy) is 1. The normalized spacial score (nSPS) is 9.90. The topological polar surface area (TPSA) is 55.0 Å². The van der Waals surface area contributed by atoms with E-state index in [1.807, 2.05) is 19.1 Å². The Morgan fingerprint density at radius 2 is 2.05 bits per heavy atom. The van der Waals surface area contributed by atoms with Gasteiger partial charge in [0.1, 0.15) is 6.61 Å². The molecule has 4 nitrogen and oxygen atoms in total. The largest absolute Gasteiger partial charge is 0.484 e. The third kappa shape index (κ3) is 3.83. The van der Waals surface area contributed by atoms with Crippen LogP contribution in [0.3, 0.4) is 0 Å². The molecule has 0 aliphatic rings. The number of benzene rings is 1. The minimum Gasteiger partial charge on any atom is -0.484 e. The summed E-state index contributed by atoms with van der Waals surface area (Å²) in [5.74, 6) is 0.314. The molecule has 21 heavy (non-hydrogen) atoms. The van der Waals surface area contributed by atoms with Crippen LogP contribution < -0.4 is 10.3 Å². The first-order chi connectivity index (χ1) is 10.1. The van der Waals surface area contributed by atoms with E-state index >= 15 is 0 Å². The lowest BCUT2D eigenvalue weighted by Crippen LogP contribution is -2.22. The van der Waals surface area contributed by atoms with Crippen LogP contribution in [0.25, 0.3) is 0 Å². The van der Waals surface area contributed by atoms with Gasteiger partial charge in [-0.05, 0) is 42.3 Å². The van der Waals surface area contributed by atoms with E-state index in [1.54, 1.807) is 35.0 Å². The van der Waals surface area contributed by atoms with Gasteiger partial charge in [0.15, 0.2) is 5.75 Å². The Kier molecular flexibility index (Phi) is 4.57. The quantitative estimate of drug-likeness (QED) is 0.791. The van der Waals surface area contributed by atoms with Crippen LogP contribution in [0.4, 0.5) is 0 Å². The van der Waals surface area contributed by atoms with Crippen molar-refractivity contribution in [2.75, 3.05) is 6.61 Å². The summed E-state index contributed by atoms with van der Waals surface area (Å²) in [6.07, 6.45) is 1.72. The van der Waals surface area contributed by atoms with Crippen molar-refractivity contribution in [2.24, 2.45) is 0 Å². The highest BCUT2D eigenvalue weighted by atomic mass is 16.5. The van der Waals surface area contributed by atoms with Gasteiger partial charge in [-0.2, -0.15) is 5.26 Å². The maximum atomic E-state index is 12.3. The van der Waals surface area contributed by atoms with E-state index in [9.17, 15) is 4.79 Å². The molecule has 0 spiro atoms. The van der Waals surface area contributed by atoms with Crippen LogP contribution in [0.1, 0.15) is 18.1 Å². The summed E-state index contributed by atoms with van der Waals surface area (Å²) in [6, 6.07) is 12.7. The lowest BCUT2D eigenvalue weighted by molar-refractivity contribution is 0.344. The number of rotatable bonds is 5. The Labute approximate surface area is 123 Å². The predicted octanol–water partition coefficient (Wildman–Crippen LogP) is 2.72. The summed E-state index contributed by atoms with van der Waals surface area (Å²) in [4.78, 5) is 12.3. The number of nitriles is 1. The Morgan fingerprint density at radius 3 is 2.67 bits per heavy atom. The Bertz CT molecular complexity index is 737. The maximum absolute atomic E-state index is 12.3. The van der Waals surface area contributed by atoms with E-state index in [4.69, 9.17) is 10.00 Å². The van der Waals surface area contributed by atoms with Gasteiger partial charge in [-0.15, -0.1) is 0 Å². The summed E-state index contributed by atoms with van der Waals surface area (Å²) in [6.45, 7) is 6.36. The first kappa shape index (κ1) is 14.6. The van der Waals surface area contributed by atoms with Crippen LogP contribution >= 0.6 is 0 Å². The van der Waals surface area contributed by atoms with Crippen LogP contribution in [0.2, 0.25) is 0 Å². The monoisotopic (exact) mass is 280 g/mol. The molecule has 0 radical (unpaired) electrons. The molecule has 1 aromatic carbocycles. The molecule has 0 N–H and O–H groups in total. The third-order valence-electron chi connectivity index (χ3n) is 2.90. The predicted molar refractivity (Wildman–Crippen MR) is 81.3 cm³/mol. The molecule has 1 heterocycles. The SMILES string of the molecule is C=C(C)COc1cccn(Cc2ccc(C#N)cc2)c1=O. The summed E-state index contributed by atoms with van der Waals surface area (Å²) in [5, 5.41) is 8.77. The van der Waals surface area contributed by atoms with Crippen molar-refractivity contribution in [1.29, 1.82) is 5.26 Å². The molecule has 2 rings (SSSR count). The fraction of sp³-hybridized carbons (Fsp3) is 0.176. The first-order valence-electron chi connectivity index (χ1n) is 6.56. The highest BCUT2D eigenvalue weighted by molar-refractivity contribution is 5.32. The van der Waals surface area contributed by atoms with Crippen LogP contribution in [0, 0.1) is 11.3 Å². The summed E-state index contributed by atoms with van der Waals surface area (Å²) in [5.41, 5.74) is 2.23. The fourth-order valence-corrected chi connectivity index (χ4v) is 1.83. The molecule has 0 bridgehead atoms. The molecule has 0 aliphatic carbocycles. The van der Waals surface area contributed by atoms with Crippen molar-refractivity contribution in [1.82, 2.24) is 4.57 Å². The molecular formula is C17H16N2O2. The lowest BCUT2D eigenvalue weighted by atomic mass is 10.1. The second kappa shape index (κ2) is 6.58. The van der Waals surface area contributed by atoms with Gasteiger partial charge < -0.3 is 9.30 Å². The van der Waals surface area contributed by atoms with Gasteiger partial charge in [-0.1, -0.05) is 18.7 Å². The van der Waals surface area contributed by atoms with Gasteiger partial charge in [0.25, 0.3) is 5.56 Å². The molecule has 4 heteroatoms. The van der Waals surface area contributed by atoms with Gasteiger partial charge in [0.05, 0.1) is 18.2 Å². The van der Waals surface area contributed by atoms with Gasteiger partial charge in [0, 0.05) is 6.20 Å². The van der Waals surface area contributed by atoms with Crippen LogP contribution in [0.5, 0.6) is 5.75 Å². The number of aromatic nitrogens is 1. The molecular weight excluding hydrogens is 264 g/mol. The van der Waals surface area contributed by atoms with Crippen molar-refractivity contribution in [3.05, 3.63) is 76.2 Å². The van der Waals surface area contributed by atoms with Gasteiger partial charge >= 0.3 is 0 Å². The average Bonchev–Trinajstić information content (AvgIpc) is 2.49. The van der Waals surface area contributed by atoms with E-state index in [1.165, 1.54) is 0 Å². The van der Waals surface area contributed by atoms with Crippen molar-refractivity contribution < 1.29 is 4.74 Å². The van der Waals surface area contributed by atoms with Crippen LogP contribution in [-0.2, 0) is 6.54 Å². The summed E-state index contributed by atoms with van der Waals surface area (Å²) in [7, 11) is 0. The van der Waals surface area contributed by atoms with Crippen LogP contribution in [0.15, 0.2) is 59.5 Å². The minimum atomic E-state index is -0.178. The average molecular weight is 280 g/mol. The molecule has 0 saturated carbocycles. The molecule has 0 fully saturated rings. The molecule has 0 amide bonds. The standard InChI is InChI=1S/C17H16N2O2/c1-13(2)12-21-16-4-3-9-19(17(16)20)11-15-7-5-14(10-18)6-8-15/h3-9H,1,11-12H2,2H3. The zero-order valence-electron chi connectivity index (χ0n) is 11.9. The summed E-state index contributed by atoms with van der Waals surface area (Å²) < 4.78 is 7.02. The highest BCUT2D eigenvalue weighted by Gasteiger charge is 2.05. The lowest BCUT2D eigenvalue weighted by Gasteiger charge is -2.09. The minimum absolute atomic E-state index is 0.178. The van der Waals surface area contributed by atoms with Crippen molar-refractivity contribution >= 4 is 0 Å². The first-order valence-corrected chi connectivity index (χ1v) is 6.56. The fourth-order valence-electron chi connectivity index (χ4n) is 1.83. The van der Waals surface area contributed by atoms with Gasteiger partial charge in [0.2, 0.25) is 0 Å². The zero-order valence-corrected chi connectivity index (χ0v) is 11.9. The van der Waals surface area contributed by atoms with Gasteiger partial charge in [-0.3, -0.25) is 4.79 Å². The van der Waals surface area contributed by atoms with E-state index in [0.717, 1.165) is 11.1 Å². The van der Waals surface area contributed by atoms with E-state index in [2.05, 4.69) is 12.6 Å². The second-order valence-corrected chi connectivity index (χ2v) is 4.86. The second-order valence-electron chi connectivity index (χ2n) is 4.86. The third-order valence-corrected chi connectivity index (χ3v) is 2.90. The zero-order chi connectivity index (χ0) is 15.2. The molecule has 0 unspecified atom stereocenters. The number of nitrogens with zero attached hydrogens (tertiary/aromatic N) is 2. The number of hydrogen-bond donors (Lipinski definition) is 0. The van der Waals surface area contributed by atoms with E-state index in [0.29, 0.717) is 24.5 Å². The van der Waals surface area contributed by atoms with Crippen molar-refractivity contribution in [3.63, 3.8) is 0 Å². The molecule has 2 aromatic rings. The van der Waals surface area contributed by atoms with Crippen LogP contribution in [-0.4, -0.2) is 11.2 Å². The molecule has 0 saturated heterocycles. The van der Waals surface area contributed by atoms with Crippen molar-refractivity contribution in [2.45, 2.75) is 13.5 Å². The smallest absolute Gasteiger partial charge is 0.293 e. The molecule has 0 atom stereocenters. The number of hydrogen-bond acceptors (Lipinski definition) is 3. The van der Waals surface area contributed by atoms with Gasteiger partial charge in [-0.25, -0.2) is 0 Å². The molecule has 106 valence electrons. The Balaban J connectivity index is 2.20. The maximum Gasteiger partial charge on any atom is 0.293 e. The molecule has 1 aromatic heterocycles. The molecule has 0 aliphatic heterocycles. The number of pyridine rings is 1. The highest BCUT2D eigenvalue weighted by Crippen LogP contribution is 2.07.